The van der Waals surface area contributed by atoms with Crippen LogP contribution in [0.3, 0.4) is 0 Å². The molecule has 1 aliphatic heterocycles. The summed E-state index contributed by atoms with van der Waals surface area (Å²) in [6.07, 6.45) is 3.42. The van der Waals surface area contributed by atoms with Crippen molar-refractivity contribution in [3.8, 4) is 0 Å². The van der Waals surface area contributed by atoms with Gasteiger partial charge in [-0.15, -0.1) is 0 Å². The van der Waals surface area contributed by atoms with E-state index in [1.165, 1.54) is 6.42 Å². The second-order valence-electron chi connectivity index (χ2n) is 4.34. The summed E-state index contributed by atoms with van der Waals surface area (Å²) in [6.45, 7) is 6.36. The van der Waals surface area contributed by atoms with Gasteiger partial charge < -0.3 is 9.84 Å². The summed E-state index contributed by atoms with van der Waals surface area (Å²) in [5, 5.41) is 7.41. The van der Waals surface area contributed by atoms with Crippen LogP contribution in [0.25, 0.3) is 0 Å². The second kappa shape index (κ2) is 4.75. The van der Waals surface area contributed by atoms with Crippen molar-refractivity contribution in [1.29, 1.82) is 0 Å². The molecule has 0 bridgehead atoms. The summed E-state index contributed by atoms with van der Waals surface area (Å²) < 4.78 is 5.33. The summed E-state index contributed by atoms with van der Waals surface area (Å²) in [6, 6.07) is 0. The third-order valence-corrected chi connectivity index (χ3v) is 3.16. The predicted octanol–water partition coefficient (Wildman–Crippen LogP) is 2.05. The number of hydrogen-bond donors (Lipinski definition) is 1. The van der Waals surface area contributed by atoms with E-state index in [-0.39, 0.29) is 0 Å². The molecule has 84 valence electrons. The first-order chi connectivity index (χ1) is 7.31. The molecule has 1 saturated heterocycles. The molecule has 2 heterocycles. The molecular formula is C11H19N3O. The van der Waals surface area contributed by atoms with Crippen LogP contribution in [0.5, 0.6) is 0 Å². The van der Waals surface area contributed by atoms with Crippen molar-refractivity contribution in [2.45, 2.75) is 44.9 Å². The molecule has 0 spiro atoms. The molecule has 1 aromatic rings. The van der Waals surface area contributed by atoms with Crippen LogP contribution in [0.15, 0.2) is 4.52 Å². The number of piperidine rings is 1. The minimum Gasteiger partial charge on any atom is -0.339 e. The molecule has 1 fully saturated rings. The molecule has 0 radical (unpaired) electrons. The number of hydrogen-bond acceptors (Lipinski definition) is 4. The van der Waals surface area contributed by atoms with Crippen LogP contribution in [0.4, 0.5) is 0 Å². The van der Waals surface area contributed by atoms with Gasteiger partial charge in [0.1, 0.15) is 0 Å². The SMILES string of the molecule is CCC(C)c1noc([C@@H]2CCCNC2)n1. The van der Waals surface area contributed by atoms with Gasteiger partial charge >= 0.3 is 0 Å². The molecule has 4 heteroatoms. The summed E-state index contributed by atoms with van der Waals surface area (Å²) in [4.78, 5) is 4.49. The third-order valence-electron chi connectivity index (χ3n) is 3.16. The van der Waals surface area contributed by atoms with E-state index >= 15 is 0 Å². The molecule has 1 N–H and O–H groups in total. The Kier molecular flexibility index (Phi) is 3.36. The molecule has 2 atom stereocenters. The van der Waals surface area contributed by atoms with Crippen LogP contribution >= 0.6 is 0 Å². The minimum absolute atomic E-state index is 0.402. The predicted molar refractivity (Wildman–Crippen MR) is 57.8 cm³/mol. The average Bonchev–Trinajstić information content (AvgIpc) is 2.78. The first-order valence-electron chi connectivity index (χ1n) is 5.85. The largest absolute Gasteiger partial charge is 0.339 e. The lowest BCUT2D eigenvalue weighted by atomic mass is 10.00. The topological polar surface area (TPSA) is 51.0 Å². The van der Waals surface area contributed by atoms with E-state index in [1.54, 1.807) is 0 Å². The number of nitrogens with zero attached hydrogens (tertiary/aromatic N) is 2. The summed E-state index contributed by atoms with van der Waals surface area (Å²) in [5.41, 5.74) is 0. The van der Waals surface area contributed by atoms with E-state index in [9.17, 15) is 0 Å². The molecule has 1 unspecified atom stereocenters. The lowest BCUT2D eigenvalue weighted by Crippen LogP contribution is -2.28. The highest BCUT2D eigenvalue weighted by Crippen LogP contribution is 2.23. The molecule has 2 rings (SSSR count). The standard InChI is InChI=1S/C11H19N3O/c1-3-8(2)10-13-11(15-14-10)9-5-4-6-12-7-9/h8-9,12H,3-7H2,1-2H3/t8?,9-/m1/s1. The van der Waals surface area contributed by atoms with Crippen molar-refractivity contribution in [1.82, 2.24) is 15.5 Å². The molecule has 15 heavy (non-hydrogen) atoms. The van der Waals surface area contributed by atoms with Crippen LogP contribution in [0.2, 0.25) is 0 Å². The lowest BCUT2D eigenvalue weighted by Gasteiger charge is -2.18. The molecular weight excluding hydrogens is 190 g/mol. The van der Waals surface area contributed by atoms with Crippen LogP contribution in [-0.4, -0.2) is 23.2 Å². The van der Waals surface area contributed by atoms with Crippen molar-refractivity contribution in [2.75, 3.05) is 13.1 Å². The van der Waals surface area contributed by atoms with Gasteiger partial charge in [-0.1, -0.05) is 19.0 Å². The van der Waals surface area contributed by atoms with Gasteiger partial charge in [-0.05, 0) is 25.8 Å². The minimum atomic E-state index is 0.402. The number of rotatable bonds is 3. The molecule has 1 aliphatic rings. The van der Waals surface area contributed by atoms with Gasteiger partial charge in [0.15, 0.2) is 5.82 Å². The first-order valence-corrected chi connectivity index (χ1v) is 5.85. The first kappa shape index (κ1) is 10.6. The van der Waals surface area contributed by atoms with Gasteiger partial charge in [-0.25, -0.2) is 0 Å². The zero-order valence-electron chi connectivity index (χ0n) is 9.49. The summed E-state index contributed by atoms with van der Waals surface area (Å²) >= 11 is 0. The summed E-state index contributed by atoms with van der Waals surface area (Å²) in [5.74, 6) is 2.50. The molecule has 0 aliphatic carbocycles. The van der Waals surface area contributed by atoms with E-state index in [4.69, 9.17) is 4.52 Å². The van der Waals surface area contributed by atoms with Crippen molar-refractivity contribution >= 4 is 0 Å². The van der Waals surface area contributed by atoms with E-state index in [0.29, 0.717) is 11.8 Å². The van der Waals surface area contributed by atoms with Gasteiger partial charge in [-0.2, -0.15) is 4.98 Å². The quantitative estimate of drug-likeness (QED) is 0.827. The highest BCUT2D eigenvalue weighted by atomic mass is 16.5. The maximum Gasteiger partial charge on any atom is 0.231 e. The maximum atomic E-state index is 5.33. The van der Waals surface area contributed by atoms with Gasteiger partial charge in [0, 0.05) is 12.5 Å². The van der Waals surface area contributed by atoms with Crippen molar-refractivity contribution in [2.24, 2.45) is 0 Å². The van der Waals surface area contributed by atoms with Crippen molar-refractivity contribution in [3.05, 3.63) is 11.7 Å². The Labute approximate surface area is 90.4 Å². The molecule has 0 amide bonds. The normalized spacial score (nSPS) is 24.0. The number of aromatic nitrogens is 2. The molecule has 0 saturated carbocycles. The van der Waals surface area contributed by atoms with Crippen LogP contribution in [0, 0.1) is 0 Å². The Morgan fingerprint density at radius 3 is 3.13 bits per heavy atom. The zero-order valence-corrected chi connectivity index (χ0v) is 9.49. The highest BCUT2D eigenvalue weighted by Gasteiger charge is 2.22. The summed E-state index contributed by atoms with van der Waals surface area (Å²) in [7, 11) is 0. The van der Waals surface area contributed by atoms with E-state index in [2.05, 4.69) is 29.3 Å². The Morgan fingerprint density at radius 2 is 2.47 bits per heavy atom. The fraction of sp³-hybridized carbons (Fsp3) is 0.818. The van der Waals surface area contributed by atoms with Crippen molar-refractivity contribution < 1.29 is 4.52 Å². The van der Waals surface area contributed by atoms with Gasteiger partial charge in [-0.3, -0.25) is 0 Å². The van der Waals surface area contributed by atoms with Crippen LogP contribution in [0.1, 0.15) is 56.7 Å². The molecule has 4 nitrogen and oxygen atoms in total. The maximum absolute atomic E-state index is 5.33. The second-order valence-corrected chi connectivity index (χ2v) is 4.34. The van der Waals surface area contributed by atoms with E-state index in [1.807, 2.05) is 0 Å². The fourth-order valence-corrected chi connectivity index (χ4v) is 1.86. The highest BCUT2D eigenvalue weighted by molar-refractivity contribution is 4.99. The van der Waals surface area contributed by atoms with E-state index < -0.39 is 0 Å². The third kappa shape index (κ3) is 2.37. The average molecular weight is 209 g/mol. The van der Waals surface area contributed by atoms with E-state index in [0.717, 1.165) is 37.6 Å². The van der Waals surface area contributed by atoms with Gasteiger partial charge in [0.05, 0.1) is 5.92 Å². The Balaban J connectivity index is 2.05. The van der Waals surface area contributed by atoms with Crippen LogP contribution < -0.4 is 5.32 Å². The number of nitrogens with one attached hydrogen (secondary N) is 1. The Bertz CT molecular complexity index is 305. The van der Waals surface area contributed by atoms with Crippen LogP contribution in [-0.2, 0) is 0 Å². The smallest absolute Gasteiger partial charge is 0.231 e. The van der Waals surface area contributed by atoms with Gasteiger partial charge in [0.25, 0.3) is 0 Å². The zero-order chi connectivity index (χ0) is 10.7. The fourth-order valence-electron chi connectivity index (χ4n) is 1.86. The molecule has 0 aromatic carbocycles. The van der Waals surface area contributed by atoms with Gasteiger partial charge in [0.2, 0.25) is 5.89 Å². The Morgan fingerprint density at radius 1 is 1.60 bits per heavy atom. The molecule has 1 aromatic heterocycles. The lowest BCUT2D eigenvalue weighted by molar-refractivity contribution is 0.319. The van der Waals surface area contributed by atoms with Crippen molar-refractivity contribution in [3.63, 3.8) is 0 Å². The monoisotopic (exact) mass is 209 g/mol. The Hall–Kier alpha value is -0.900.